The van der Waals surface area contributed by atoms with Crippen LogP contribution >= 0.6 is 0 Å². The number of hydrogen-bond acceptors (Lipinski definition) is 2. The van der Waals surface area contributed by atoms with Crippen molar-refractivity contribution in [2.24, 2.45) is 0 Å². The molecule has 4 heteroatoms. The first-order valence-electron chi connectivity index (χ1n) is 6.27. The summed E-state index contributed by atoms with van der Waals surface area (Å²) in [6.07, 6.45) is 2.17. The van der Waals surface area contributed by atoms with E-state index in [0.29, 0.717) is 6.54 Å². The second-order valence-electron chi connectivity index (χ2n) is 4.94. The first-order valence-corrected chi connectivity index (χ1v) is 6.27. The van der Waals surface area contributed by atoms with Gasteiger partial charge in [-0.3, -0.25) is 9.69 Å². The molecule has 0 radical (unpaired) electrons. The van der Waals surface area contributed by atoms with E-state index < -0.39 is 5.97 Å². The first kappa shape index (κ1) is 13.0. The molecule has 1 N–H and O–H groups in total. The van der Waals surface area contributed by atoms with E-state index in [4.69, 9.17) is 5.11 Å². The smallest absolute Gasteiger partial charge is 0.304 e. The van der Waals surface area contributed by atoms with Crippen LogP contribution < -0.4 is 0 Å². The van der Waals surface area contributed by atoms with Crippen LogP contribution in [0.3, 0.4) is 0 Å². The summed E-state index contributed by atoms with van der Waals surface area (Å²) in [5.74, 6) is -0.970. The van der Waals surface area contributed by atoms with E-state index in [1.807, 2.05) is 6.92 Å². The SMILES string of the molecule is Cc1cc(F)ccc1CN1CCCC1CC(=O)O. The monoisotopic (exact) mass is 251 g/mol. The van der Waals surface area contributed by atoms with Gasteiger partial charge in [0.2, 0.25) is 0 Å². The van der Waals surface area contributed by atoms with Gasteiger partial charge in [-0.1, -0.05) is 6.07 Å². The van der Waals surface area contributed by atoms with E-state index in [1.54, 1.807) is 6.07 Å². The highest BCUT2D eigenvalue weighted by Crippen LogP contribution is 2.23. The molecule has 98 valence electrons. The Kier molecular flexibility index (Phi) is 3.97. The minimum atomic E-state index is -0.747. The summed E-state index contributed by atoms with van der Waals surface area (Å²) in [7, 11) is 0. The molecular formula is C14H18FNO2. The molecule has 1 saturated heterocycles. The number of carboxylic acid groups (broad SMARTS) is 1. The van der Waals surface area contributed by atoms with E-state index in [-0.39, 0.29) is 18.3 Å². The van der Waals surface area contributed by atoms with Crippen molar-refractivity contribution >= 4 is 5.97 Å². The molecule has 1 aromatic carbocycles. The Morgan fingerprint density at radius 1 is 1.56 bits per heavy atom. The lowest BCUT2D eigenvalue weighted by Crippen LogP contribution is -2.31. The number of rotatable bonds is 4. The van der Waals surface area contributed by atoms with Crippen molar-refractivity contribution in [2.75, 3.05) is 6.54 Å². The molecule has 1 aliphatic heterocycles. The van der Waals surface area contributed by atoms with Crippen LogP contribution in [-0.2, 0) is 11.3 Å². The molecule has 1 aliphatic rings. The maximum absolute atomic E-state index is 13.0. The summed E-state index contributed by atoms with van der Waals surface area (Å²) < 4.78 is 13.0. The molecule has 1 unspecified atom stereocenters. The maximum Gasteiger partial charge on any atom is 0.304 e. The van der Waals surface area contributed by atoms with Crippen molar-refractivity contribution in [2.45, 2.75) is 38.8 Å². The molecule has 1 fully saturated rings. The van der Waals surface area contributed by atoms with Gasteiger partial charge in [-0.2, -0.15) is 0 Å². The third-order valence-corrected chi connectivity index (χ3v) is 3.59. The van der Waals surface area contributed by atoms with Crippen molar-refractivity contribution in [1.29, 1.82) is 0 Å². The average Bonchev–Trinajstić information content (AvgIpc) is 2.69. The highest BCUT2D eigenvalue weighted by Gasteiger charge is 2.26. The highest BCUT2D eigenvalue weighted by molar-refractivity contribution is 5.67. The summed E-state index contributed by atoms with van der Waals surface area (Å²) in [6.45, 7) is 3.53. The topological polar surface area (TPSA) is 40.5 Å². The Bertz CT molecular complexity index is 447. The summed E-state index contributed by atoms with van der Waals surface area (Å²) in [4.78, 5) is 13.0. The van der Waals surface area contributed by atoms with Crippen molar-refractivity contribution in [1.82, 2.24) is 4.90 Å². The van der Waals surface area contributed by atoms with E-state index in [9.17, 15) is 9.18 Å². The number of likely N-dealkylation sites (tertiary alicyclic amines) is 1. The minimum absolute atomic E-state index is 0.118. The zero-order chi connectivity index (χ0) is 13.1. The molecule has 0 amide bonds. The number of aliphatic carboxylic acids is 1. The molecule has 2 rings (SSSR count). The number of carbonyl (C=O) groups is 1. The van der Waals surface area contributed by atoms with E-state index in [0.717, 1.165) is 30.5 Å². The Balaban J connectivity index is 2.05. The van der Waals surface area contributed by atoms with Crippen LogP contribution in [0.1, 0.15) is 30.4 Å². The average molecular weight is 251 g/mol. The van der Waals surface area contributed by atoms with Crippen LogP contribution in [0.2, 0.25) is 0 Å². The van der Waals surface area contributed by atoms with Crippen LogP contribution in [0.4, 0.5) is 4.39 Å². The fourth-order valence-electron chi connectivity index (χ4n) is 2.59. The molecule has 0 aliphatic carbocycles. The lowest BCUT2D eigenvalue weighted by atomic mass is 10.1. The van der Waals surface area contributed by atoms with E-state index in [1.165, 1.54) is 12.1 Å². The molecule has 0 aromatic heterocycles. The Labute approximate surface area is 106 Å². The Hall–Kier alpha value is -1.42. The summed E-state index contributed by atoms with van der Waals surface area (Å²) in [5.41, 5.74) is 2.00. The molecule has 1 atom stereocenters. The summed E-state index contributed by atoms with van der Waals surface area (Å²) >= 11 is 0. The van der Waals surface area contributed by atoms with Gasteiger partial charge in [0, 0.05) is 12.6 Å². The van der Waals surface area contributed by atoms with Crippen LogP contribution in [0, 0.1) is 12.7 Å². The second kappa shape index (κ2) is 5.48. The number of carboxylic acids is 1. The number of benzene rings is 1. The predicted octanol–water partition coefficient (Wildman–Crippen LogP) is 2.57. The van der Waals surface area contributed by atoms with Gasteiger partial charge in [0.25, 0.3) is 0 Å². The van der Waals surface area contributed by atoms with Gasteiger partial charge >= 0.3 is 5.97 Å². The fourth-order valence-corrected chi connectivity index (χ4v) is 2.59. The van der Waals surface area contributed by atoms with Gasteiger partial charge in [-0.25, -0.2) is 4.39 Å². The third kappa shape index (κ3) is 3.07. The zero-order valence-corrected chi connectivity index (χ0v) is 10.5. The van der Waals surface area contributed by atoms with Crippen molar-refractivity contribution in [3.8, 4) is 0 Å². The van der Waals surface area contributed by atoms with Gasteiger partial charge in [0.1, 0.15) is 5.82 Å². The fraction of sp³-hybridized carbons (Fsp3) is 0.500. The quantitative estimate of drug-likeness (QED) is 0.894. The Morgan fingerprint density at radius 2 is 2.33 bits per heavy atom. The van der Waals surface area contributed by atoms with Crippen molar-refractivity contribution in [3.05, 3.63) is 35.1 Å². The van der Waals surface area contributed by atoms with Crippen LogP contribution in [-0.4, -0.2) is 28.6 Å². The van der Waals surface area contributed by atoms with Crippen LogP contribution in [0.5, 0.6) is 0 Å². The van der Waals surface area contributed by atoms with Gasteiger partial charge < -0.3 is 5.11 Å². The van der Waals surface area contributed by atoms with E-state index >= 15 is 0 Å². The normalized spacial score (nSPS) is 20.2. The molecule has 3 nitrogen and oxygen atoms in total. The second-order valence-corrected chi connectivity index (χ2v) is 4.94. The van der Waals surface area contributed by atoms with Gasteiger partial charge in [-0.05, 0) is 49.6 Å². The largest absolute Gasteiger partial charge is 0.481 e. The third-order valence-electron chi connectivity index (χ3n) is 3.59. The maximum atomic E-state index is 13.0. The number of aryl methyl sites for hydroxylation is 1. The molecule has 0 bridgehead atoms. The lowest BCUT2D eigenvalue weighted by molar-refractivity contribution is -0.138. The minimum Gasteiger partial charge on any atom is -0.481 e. The van der Waals surface area contributed by atoms with Gasteiger partial charge in [0.15, 0.2) is 0 Å². The molecule has 0 saturated carbocycles. The molecule has 18 heavy (non-hydrogen) atoms. The van der Waals surface area contributed by atoms with Crippen LogP contribution in [0.25, 0.3) is 0 Å². The highest BCUT2D eigenvalue weighted by atomic mass is 19.1. The summed E-state index contributed by atoms with van der Waals surface area (Å²) in [6, 6.07) is 4.90. The molecule has 0 spiro atoms. The first-order chi connectivity index (χ1) is 8.56. The number of hydrogen-bond donors (Lipinski definition) is 1. The Morgan fingerprint density at radius 3 is 3.00 bits per heavy atom. The van der Waals surface area contributed by atoms with Crippen LogP contribution in [0.15, 0.2) is 18.2 Å². The van der Waals surface area contributed by atoms with Crippen molar-refractivity contribution < 1.29 is 14.3 Å². The zero-order valence-electron chi connectivity index (χ0n) is 10.5. The predicted molar refractivity (Wildman–Crippen MR) is 66.8 cm³/mol. The van der Waals surface area contributed by atoms with Crippen molar-refractivity contribution in [3.63, 3.8) is 0 Å². The van der Waals surface area contributed by atoms with Gasteiger partial charge in [-0.15, -0.1) is 0 Å². The van der Waals surface area contributed by atoms with E-state index in [2.05, 4.69) is 4.90 Å². The molecule has 1 aromatic rings. The summed E-state index contributed by atoms with van der Waals surface area (Å²) in [5, 5.41) is 8.87. The lowest BCUT2D eigenvalue weighted by Gasteiger charge is -2.24. The standard InChI is InChI=1S/C14H18FNO2/c1-10-7-12(15)5-4-11(10)9-16-6-2-3-13(16)8-14(17)18/h4-5,7,13H,2-3,6,8-9H2,1H3,(H,17,18). The number of nitrogens with zero attached hydrogens (tertiary/aromatic N) is 1. The molecule has 1 heterocycles. The number of halogens is 1. The van der Waals surface area contributed by atoms with Gasteiger partial charge in [0.05, 0.1) is 6.42 Å². The molecular weight excluding hydrogens is 233 g/mol.